The lowest BCUT2D eigenvalue weighted by Crippen LogP contribution is -2.06. The molecule has 3 rings (SSSR count). The van der Waals surface area contributed by atoms with Gasteiger partial charge in [-0.25, -0.2) is 0 Å². The first-order valence-electron chi connectivity index (χ1n) is 8.95. The lowest BCUT2D eigenvalue weighted by molar-refractivity contribution is 0.354. The van der Waals surface area contributed by atoms with Crippen LogP contribution in [0.4, 0.5) is 0 Å². The van der Waals surface area contributed by atoms with E-state index in [4.69, 9.17) is 21.1 Å². The number of benzene rings is 2. The number of hydrogen-bond acceptors (Lipinski definition) is 4. The summed E-state index contributed by atoms with van der Waals surface area (Å²) in [5.74, 6) is 1.42. The molecule has 5 nitrogen and oxygen atoms in total. The molecule has 0 unspecified atom stereocenters. The van der Waals surface area contributed by atoms with E-state index in [0.717, 1.165) is 33.2 Å². The van der Waals surface area contributed by atoms with Crippen molar-refractivity contribution in [3.8, 4) is 17.2 Å². The standard InChI is InChI=1S/C22H24ClN3O2/c1-15-10-18(16(2)26(15)20-7-5-6-19(23)12-20)14-25-24-13-17-8-9-21(27-3)22(11-17)28-4/h5-12,14,24H,13H2,1-4H3/b25-14+. The van der Waals surface area contributed by atoms with E-state index in [1.54, 1.807) is 14.2 Å². The van der Waals surface area contributed by atoms with E-state index in [1.807, 2.05) is 48.7 Å². The fourth-order valence-electron chi connectivity index (χ4n) is 3.17. The topological polar surface area (TPSA) is 47.8 Å². The van der Waals surface area contributed by atoms with E-state index < -0.39 is 0 Å². The highest BCUT2D eigenvalue weighted by molar-refractivity contribution is 6.30. The van der Waals surface area contributed by atoms with Crippen molar-refractivity contribution >= 4 is 17.8 Å². The number of hydrazone groups is 1. The number of nitrogens with zero attached hydrogens (tertiary/aromatic N) is 2. The minimum absolute atomic E-state index is 0.587. The summed E-state index contributed by atoms with van der Waals surface area (Å²) in [7, 11) is 3.25. The van der Waals surface area contributed by atoms with E-state index in [9.17, 15) is 0 Å². The highest BCUT2D eigenvalue weighted by Gasteiger charge is 2.09. The van der Waals surface area contributed by atoms with Crippen LogP contribution in [-0.4, -0.2) is 25.0 Å². The van der Waals surface area contributed by atoms with Gasteiger partial charge in [-0.1, -0.05) is 23.7 Å². The van der Waals surface area contributed by atoms with E-state index in [1.165, 1.54) is 0 Å². The Balaban J connectivity index is 1.71. The van der Waals surface area contributed by atoms with Gasteiger partial charge in [0.25, 0.3) is 0 Å². The number of methoxy groups -OCH3 is 2. The van der Waals surface area contributed by atoms with Crippen LogP contribution in [0.25, 0.3) is 5.69 Å². The molecule has 0 amide bonds. The number of hydrogen-bond donors (Lipinski definition) is 1. The van der Waals surface area contributed by atoms with Crippen molar-refractivity contribution < 1.29 is 9.47 Å². The first kappa shape index (κ1) is 19.8. The number of aryl methyl sites for hydroxylation is 1. The van der Waals surface area contributed by atoms with Gasteiger partial charge >= 0.3 is 0 Å². The zero-order chi connectivity index (χ0) is 20.1. The minimum Gasteiger partial charge on any atom is -0.493 e. The van der Waals surface area contributed by atoms with Gasteiger partial charge in [-0.3, -0.25) is 0 Å². The number of halogens is 1. The lowest BCUT2D eigenvalue weighted by Gasteiger charge is -2.10. The largest absolute Gasteiger partial charge is 0.493 e. The van der Waals surface area contributed by atoms with Gasteiger partial charge < -0.3 is 19.5 Å². The van der Waals surface area contributed by atoms with Crippen molar-refractivity contribution in [3.63, 3.8) is 0 Å². The summed E-state index contributed by atoms with van der Waals surface area (Å²) in [4.78, 5) is 0. The smallest absolute Gasteiger partial charge is 0.161 e. The summed E-state index contributed by atoms with van der Waals surface area (Å²) in [6, 6.07) is 15.7. The van der Waals surface area contributed by atoms with Gasteiger partial charge in [0.1, 0.15) is 0 Å². The molecule has 3 aromatic rings. The molecule has 0 radical (unpaired) electrons. The maximum atomic E-state index is 6.14. The van der Waals surface area contributed by atoms with Crippen LogP contribution in [0, 0.1) is 13.8 Å². The van der Waals surface area contributed by atoms with Crippen LogP contribution < -0.4 is 14.9 Å². The van der Waals surface area contributed by atoms with Crippen molar-refractivity contribution in [1.82, 2.24) is 9.99 Å². The molecule has 6 heteroatoms. The molecule has 0 saturated carbocycles. The average Bonchev–Trinajstić information content (AvgIpc) is 2.98. The summed E-state index contributed by atoms with van der Waals surface area (Å²) in [6.45, 7) is 4.73. The third-order valence-electron chi connectivity index (χ3n) is 4.56. The molecule has 146 valence electrons. The van der Waals surface area contributed by atoms with Crippen LogP contribution in [-0.2, 0) is 6.54 Å². The molecule has 1 N–H and O–H groups in total. The van der Waals surface area contributed by atoms with E-state index in [-0.39, 0.29) is 0 Å². The Morgan fingerprint density at radius 2 is 1.82 bits per heavy atom. The quantitative estimate of drug-likeness (QED) is 0.456. The second kappa shape index (κ2) is 8.85. The van der Waals surface area contributed by atoms with Gasteiger partial charge in [0.2, 0.25) is 0 Å². The predicted molar refractivity (Wildman–Crippen MR) is 114 cm³/mol. The summed E-state index contributed by atoms with van der Waals surface area (Å²) >= 11 is 6.14. The third-order valence-corrected chi connectivity index (χ3v) is 4.80. The molecule has 0 fully saturated rings. The van der Waals surface area contributed by atoms with Crippen molar-refractivity contribution in [1.29, 1.82) is 0 Å². The van der Waals surface area contributed by atoms with E-state index >= 15 is 0 Å². The van der Waals surface area contributed by atoms with Crippen LogP contribution in [0.15, 0.2) is 53.6 Å². The van der Waals surface area contributed by atoms with Crippen LogP contribution in [0.5, 0.6) is 11.5 Å². The van der Waals surface area contributed by atoms with Gasteiger partial charge in [0.05, 0.1) is 27.0 Å². The average molecular weight is 398 g/mol. The molecule has 0 aliphatic rings. The van der Waals surface area contributed by atoms with Crippen LogP contribution >= 0.6 is 11.6 Å². The highest BCUT2D eigenvalue weighted by atomic mass is 35.5. The fraction of sp³-hybridized carbons (Fsp3) is 0.227. The van der Waals surface area contributed by atoms with Crippen molar-refractivity contribution in [2.24, 2.45) is 5.10 Å². The lowest BCUT2D eigenvalue weighted by atomic mass is 10.2. The predicted octanol–water partition coefficient (Wildman–Crippen LogP) is 4.89. The van der Waals surface area contributed by atoms with E-state index in [0.29, 0.717) is 18.0 Å². The highest BCUT2D eigenvalue weighted by Crippen LogP contribution is 2.27. The number of ether oxygens (including phenoxy) is 2. The monoisotopic (exact) mass is 397 g/mol. The number of nitrogens with one attached hydrogen (secondary N) is 1. The Morgan fingerprint density at radius 3 is 2.54 bits per heavy atom. The summed E-state index contributed by atoms with van der Waals surface area (Å²) < 4.78 is 12.8. The van der Waals surface area contributed by atoms with Gasteiger partial charge in [0, 0.05) is 27.7 Å². The van der Waals surface area contributed by atoms with Crippen LogP contribution in [0.2, 0.25) is 5.02 Å². The zero-order valence-corrected chi connectivity index (χ0v) is 17.2. The Hall–Kier alpha value is -2.92. The molecular formula is C22H24ClN3O2. The van der Waals surface area contributed by atoms with Gasteiger partial charge in [-0.15, -0.1) is 0 Å². The van der Waals surface area contributed by atoms with Crippen LogP contribution in [0.1, 0.15) is 22.5 Å². The van der Waals surface area contributed by atoms with Gasteiger partial charge in [-0.2, -0.15) is 5.10 Å². The Kier molecular flexibility index (Phi) is 6.26. The second-order valence-corrected chi connectivity index (χ2v) is 6.86. The second-order valence-electron chi connectivity index (χ2n) is 6.42. The third kappa shape index (κ3) is 4.31. The molecule has 1 aromatic heterocycles. The molecule has 0 saturated heterocycles. The Labute approximate surface area is 170 Å². The maximum absolute atomic E-state index is 6.14. The van der Waals surface area contributed by atoms with Crippen molar-refractivity contribution in [2.75, 3.05) is 14.2 Å². The number of rotatable bonds is 7. The SMILES string of the molecule is COc1ccc(CN/N=C/c2cc(C)n(-c3cccc(Cl)c3)c2C)cc1OC. The normalized spacial score (nSPS) is 11.0. The number of aromatic nitrogens is 1. The minimum atomic E-state index is 0.587. The Bertz CT molecular complexity index is 995. The molecule has 0 bridgehead atoms. The van der Waals surface area contributed by atoms with E-state index in [2.05, 4.69) is 35.0 Å². The molecule has 1 heterocycles. The van der Waals surface area contributed by atoms with Gasteiger partial charge in [-0.05, 0) is 55.8 Å². The maximum Gasteiger partial charge on any atom is 0.161 e. The molecular weight excluding hydrogens is 374 g/mol. The molecule has 0 spiro atoms. The fourth-order valence-corrected chi connectivity index (χ4v) is 3.36. The molecule has 2 aromatic carbocycles. The molecule has 0 atom stereocenters. The summed E-state index contributed by atoms with van der Waals surface area (Å²) in [5.41, 5.74) is 8.47. The van der Waals surface area contributed by atoms with Crippen molar-refractivity contribution in [2.45, 2.75) is 20.4 Å². The zero-order valence-electron chi connectivity index (χ0n) is 16.5. The first-order chi connectivity index (χ1) is 13.5. The van der Waals surface area contributed by atoms with Gasteiger partial charge in [0.15, 0.2) is 11.5 Å². The summed E-state index contributed by atoms with van der Waals surface area (Å²) in [5, 5.41) is 5.09. The first-order valence-corrected chi connectivity index (χ1v) is 9.33. The van der Waals surface area contributed by atoms with Crippen LogP contribution in [0.3, 0.4) is 0 Å². The molecule has 0 aliphatic carbocycles. The summed E-state index contributed by atoms with van der Waals surface area (Å²) in [6.07, 6.45) is 1.84. The van der Waals surface area contributed by atoms with Crippen molar-refractivity contribution in [3.05, 3.63) is 76.1 Å². The Morgan fingerprint density at radius 1 is 1.04 bits per heavy atom. The molecule has 0 aliphatic heterocycles. The molecule has 28 heavy (non-hydrogen) atoms.